The van der Waals surface area contributed by atoms with Crippen molar-refractivity contribution < 1.29 is 29.3 Å². The summed E-state index contributed by atoms with van der Waals surface area (Å²) < 4.78 is 10.3. The fourth-order valence-corrected chi connectivity index (χ4v) is 5.12. The van der Waals surface area contributed by atoms with E-state index in [1.165, 1.54) is 77.0 Å². The van der Waals surface area contributed by atoms with Crippen molar-refractivity contribution in [2.75, 3.05) is 13.2 Å². The van der Waals surface area contributed by atoms with E-state index in [1.807, 2.05) is 6.92 Å². The molecule has 0 aromatic rings. The van der Waals surface area contributed by atoms with Crippen molar-refractivity contribution in [1.29, 1.82) is 0 Å². The van der Waals surface area contributed by atoms with Gasteiger partial charge in [-0.25, -0.2) is 0 Å². The number of carbonyl (C=O) groups is 2. The Hall–Kier alpha value is -2.18. The lowest BCUT2D eigenvalue weighted by Crippen LogP contribution is -2.25. The van der Waals surface area contributed by atoms with Gasteiger partial charge >= 0.3 is 11.9 Å². The monoisotopic (exact) mass is 661 g/mol. The van der Waals surface area contributed by atoms with Gasteiger partial charge in [-0.15, -0.1) is 0 Å². The Kier molecular flexibility index (Phi) is 35.0. The zero-order valence-corrected chi connectivity index (χ0v) is 30.4. The highest BCUT2D eigenvalue weighted by Crippen LogP contribution is 2.14. The summed E-state index contributed by atoms with van der Waals surface area (Å²) in [7, 11) is 0. The minimum absolute atomic E-state index is 0.140. The Labute approximate surface area is 289 Å². The third-order valence-electron chi connectivity index (χ3n) is 8.23. The first kappa shape index (κ1) is 44.8. The van der Waals surface area contributed by atoms with Crippen LogP contribution < -0.4 is 0 Å². The number of ether oxygens (including phenoxy) is 2. The average molecular weight is 661 g/mol. The van der Waals surface area contributed by atoms with Gasteiger partial charge in [0.05, 0.1) is 6.10 Å². The van der Waals surface area contributed by atoms with Crippen molar-refractivity contribution in [2.45, 2.75) is 187 Å². The minimum Gasteiger partial charge on any atom is -0.463 e. The molecule has 2 N–H and O–H groups in total. The molecule has 0 aromatic heterocycles. The van der Waals surface area contributed by atoms with Crippen LogP contribution in [0.4, 0.5) is 0 Å². The van der Waals surface area contributed by atoms with E-state index in [0.717, 1.165) is 64.2 Å². The van der Waals surface area contributed by atoms with E-state index in [1.54, 1.807) is 0 Å². The molecule has 6 nitrogen and oxygen atoms in total. The van der Waals surface area contributed by atoms with E-state index in [-0.39, 0.29) is 31.3 Å². The zero-order valence-electron chi connectivity index (χ0n) is 30.4. The second kappa shape index (κ2) is 36.7. The van der Waals surface area contributed by atoms with Crippen molar-refractivity contribution in [3.05, 3.63) is 48.6 Å². The van der Waals surface area contributed by atoms with Crippen LogP contribution in [0.2, 0.25) is 0 Å². The number of carbonyl (C=O) groups excluding carboxylic acids is 2. The van der Waals surface area contributed by atoms with E-state index in [2.05, 4.69) is 55.5 Å². The Bertz CT molecular complexity index is 815. The molecule has 2 atom stereocenters. The molecule has 0 unspecified atom stereocenters. The predicted octanol–water partition coefficient (Wildman–Crippen LogP) is 10.8. The van der Waals surface area contributed by atoms with Gasteiger partial charge < -0.3 is 19.7 Å². The lowest BCUT2D eigenvalue weighted by Gasteiger charge is -2.12. The quantitative estimate of drug-likeness (QED) is 0.0405. The van der Waals surface area contributed by atoms with Crippen LogP contribution in [0.1, 0.15) is 174 Å². The van der Waals surface area contributed by atoms with E-state index < -0.39 is 6.10 Å². The molecule has 0 fully saturated rings. The molecule has 0 heterocycles. The first-order valence-electron chi connectivity index (χ1n) is 19.3. The first-order chi connectivity index (χ1) is 23.0. The summed E-state index contributed by atoms with van der Waals surface area (Å²) in [5.41, 5.74) is 0. The van der Waals surface area contributed by atoms with Crippen LogP contribution in [0.5, 0.6) is 0 Å². The summed E-state index contributed by atoms with van der Waals surface area (Å²) in [5, 5.41) is 19.5. The fraction of sp³-hybridized carbons (Fsp3) is 0.756. The van der Waals surface area contributed by atoms with Crippen LogP contribution >= 0.6 is 0 Å². The maximum absolute atomic E-state index is 11.9. The summed E-state index contributed by atoms with van der Waals surface area (Å²) in [4.78, 5) is 23.9. The predicted molar refractivity (Wildman–Crippen MR) is 197 cm³/mol. The summed E-state index contributed by atoms with van der Waals surface area (Å²) in [5.74, 6) is -0.645. The molecular weight excluding hydrogens is 588 g/mol. The topological polar surface area (TPSA) is 93.1 Å². The molecular formula is C41H72O6. The normalized spacial score (nSPS) is 13.4. The Morgan fingerprint density at radius 3 is 1.32 bits per heavy atom. The van der Waals surface area contributed by atoms with Crippen LogP contribution in [0, 0.1) is 0 Å². The van der Waals surface area contributed by atoms with Crippen molar-refractivity contribution in [3.63, 3.8) is 0 Å². The van der Waals surface area contributed by atoms with Gasteiger partial charge in [0.1, 0.15) is 19.3 Å². The summed E-state index contributed by atoms with van der Waals surface area (Å²) >= 11 is 0. The number of hydrogen-bond acceptors (Lipinski definition) is 6. The molecule has 0 saturated heterocycles. The van der Waals surface area contributed by atoms with Crippen LogP contribution in [0.15, 0.2) is 48.6 Å². The molecule has 0 aliphatic carbocycles. The number of aliphatic hydroxyl groups excluding tert-OH is 2. The van der Waals surface area contributed by atoms with Crippen molar-refractivity contribution >= 4 is 11.9 Å². The van der Waals surface area contributed by atoms with Gasteiger partial charge in [0.25, 0.3) is 0 Å². The maximum atomic E-state index is 11.9. The van der Waals surface area contributed by atoms with Gasteiger partial charge in [-0.2, -0.15) is 0 Å². The number of aliphatic hydroxyl groups is 2. The van der Waals surface area contributed by atoms with Crippen LogP contribution in [-0.2, 0) is 19.1 Å². The molecule has 0 rings (SSSR count). The highest BCUT2D eigenvalue weighted by molar-refractivity contribution is 5.69. The first-order valence-corrected chi connectivity index (χ1v) is 19.3. The Morgan fingerprint density at radius 1 is 0.489 bits per heavy atom. The molecule has 0 radical (unpaired) electrons. The van der Waals surface area contributed by atoms with Crippen LogP contribution in [-0.4, -0.2) is 47.6 Å². The van der Waals surface area contributed by atoms with Crippen molar-refractivity contribution in [1.82, 2.24) is 0 Å². The zero-order chi connectivity index (χ0) is 34.5. The van der Waals surface area contributed by atoms with E-state index in [4.69, 9.17) is 9.47 Å². The third-order valence-corrected chi connectivity index (χ3v) is 8.23. The summed E-state index contributed by atoms with van der Waals surface area (Å²) in [6.45, 7) is 3.97. The molecule has 6 heteroatoms. The van der Waals surface area contributed by atoms with Gasteiger partial charge in [0, 0.05) is 12.8 Å². The Balaban J connectivity index is 3.55. The number of rotatable bonds is 34. The molecule has 0 saturated carbocycles. The van der Waals surface area contributed by atoms with E-state index in [9.17, 15) is 19.8 Å². The number of allylic oxidation sites excluding steroid dienone is 8. The third kappa shape index (κ3) is 36.5. The molecule has 47 heavy (non-hydrogen) atoms. The molecule has 0 aliphatic rings. The van der Waals surface area contributed by atoms with Gasteiger partial charge in [0.2, 0.25) is 0 Å². The molecule has 0 spiro atoms. The SMILES string of the molecule is CCCCCCCCCCCCCCCCCC(=O)OC[C@@H](O)COC(=O)CCC/C=C\C/C=C\C/C=C\C/C=C\CC[C@@H](O)CC. The molecule has 0 amide bonds. The summed E-state index contributed by atoms with van der Waals surface area (Å²) in [6.07, 6.45) is 42.5. The van der Waals surface area contributed by atoms with Crippen LogP contribution in [0.25, 0.3) is 0 Å². The molecule has 0 aromatic carbocycles. The van der Waals surface area contributed by atoms with Gasteiger partial charge in [0.15, 0.2) is 0 Å². The smallest absolute Gasteiger partial charge is 0.305 e. The van der Waals surface area contributed by atoms with E-state index >= 15 is 0 Å². The standard InChI is InChI=1S/C41H72O6/c1-3-5-6-7-8-9-10-11-12-16-19-22-25-28-31-34-40(44)46-36-39(43)37-47-41(45)35-32-29-26-23-20-17-14-13-15-18-21-24-27-30-33-38(42)4-2/h14-15,17-18,23-24,26-27,38-39,42-43H,3-13,16,19-22,25,28-37H2,1-2H3/b17-14-,18-15-,26-23-,27-24-/t38-,39+/m0/s1. The van der Waals surface area contributed by atoms with Gasteiger partial charge in [-0.05, 0) is 57.8 Å². The lowest BCUT2D eigenvalue weighted by atomic mass is 10.0. The largest absolute Gasteiger partial charge is 0.463 e. The van der Waals surface area contributed by atoms with Crippen molar-refractivity contribution in [2.24, 2.45) is 0 Å². The molecule has 272 valence electrons. The second-order valence-electron chi connectivity index (χ2n) is 12.8. The lowest BCUT2D eigenvalue weighted by molar-refractivity contribution is -0.152. The highest BCUT2D eigenvalue weighted by atomic mass is 16.6. The Morgan fingerprint density at radius 2 is 0.872 bits per heavy atom. The summed E-state index contributed by atoms with van der Waals surface area (Å²) in [6, 6.07) is 0. The number of esters is 2. The second-order valence-corrected chi connectivity index (χ2v) is 12.8. The highest BCUT2D eigenvalue weighted by Gasteiger charge is 2.12. The van der Waals surface area contributed by atoms with E-state index in [0.29, 0.717) is 19.3 Å². The average Bonchev–Trinajstić information content (AvgIpc) is 3.07. The fourth-order valence-electron chi connectivity index (χ4n) is 5.12. The molecule has 0 aliphatic heterocycles. The van der Waals surface area contributed by atoms with Crippen molar-refractivity contribution in [3.8, 4) is 0 Å². The van der Waals surface area contributed by atoms with Gasteiger partial charge in [-0.3, -0.25) is 9.59 Å². The van der Waals surface area contributed by atoms with Gasteiger partial charge in [-0.1, -0.05) is 152 Å². The number of hydrogen-bond donors (Lipinski definition) is 2. The molecule has 0 bridgehead atoms. The van der Waals surface area contributed by atoms with Crippen LogP contribution in [0.3, 0.4) is 0 Å². The number of unbranched alkanes of at least 4 members (excludes halogenated alkanes) is 15. The maximum Gasteiger partial charge on any atom is 0.305 e. The minimum atomic E-state index is -0.993.